The number of nitrogens with two attached hydrogens (primary N) is 4. The third-order valence-corrected chi connectivity index (χ3v) is 4.55. The zero-order valence-corrected chi connectivity index (χ0v) is 12.9. The first-order valence-electron chi connectivity index (χ1n) is 7.24. The molecule has 0 aromatic heterocycles. The van der Waals surface area contributed by atoms with E-state index in [9.17, 15) is 0 Å². The van der Waals surface area contributed by atoms with Gasteiger partial charge in [-0.2, -0.15) is 0 Å². The third-order valence-electron chi connectivity index (χ3n) is 4.55. The molecule has 0 spiro atoms. The number of rotatable bonds is 2. The van der Waals surface area contributed by atoms with Gasteiger partial charge in [0, 0.05) is 16.9 Å². The highest BCUT2D eigenvalue weighted by molar-refractivity contribution is 5.58. The fraction of sp³-hybridized carbons (Fsp3) is 0.625. The lowest BCUT2D eigenvalue weighted by atomic mass is 9.56. The molecule has 2 atom stereocenters. The van der Waals surface area contributed by atoms with Crippen LogP contribution in [0.2, 0.25) is 0 Å². The first-order valence-corrected chi connectivity index (χ1v) is 7.24. The molecule has 0 bridgehead atoms. The summed E-state index contributed by atoms with van der Waals surface area (Å²) in [7, 11) is 0. The zero-order valence-electron chi connectivity index (χ0n) is 12.9. The van der Waals surface area contributed by atoms with Crippen LogP contribution >= 0.6 is 0 Å². The van der Waals surface area contributed by atoms with Crippen molar-refractivity contribution in [1.29, 1.82) is 0 Å². The normalized spacial score (nSPS) is 33.0. The Balaban J connectivity index is 2.49. The van der Waals surface area contributed by atoms with Crippen molar-refractivity contribution in [3.05, 3.63) is 23.8 Å². The van der Waals surface area contributed by atoms with Gasteiger partial charge in [0.25, 0.3) is 0 Å². The number of benzene rings is 1. The minimum Gasteiger partial charge on any atom is -0.399 e. The van der Waals surface area contributed by atoms with Crippen molar-refractivity contribution in [2.75, 3.05) is 18.0 Å². The van der Waals surface area contributed by atoms with Gasteiger partial charge >= 0.3 is 0 Å². The fourth-order valence-corrected chi connectivity index (χ4v) is 4.30. The zero-order chi connectivity index (χ0) is 15.2. The van der Waals surface area contributed by atoms with Gasteiger partial charge in [0.2, 0.25) is 0 Å². The first kappa shape index (κ1) is 15.1. The van der Waals surface area contributed by atoms with E-state index in [1.165, 1.54) is 0 Å². The van der Waals surface area contributed by atoms with Gasteiger partial charge < -0.3 is 22.9 Å². The molecule has 2 rings (SSSR count). The Labute approximate surface area is 121 Å². The first-order chi connectivity index (χ1) is 9.09. The molecule has 0 saturated heterocycles. The molecule has 20 heavy (non-hydrogen) atoms. The van der Waals surface area contributed by atoms with Crippen molar-refractivity contribution in [2.45, 2.75) is 45.6 Å². The van der Waals surface area contributed by atoms with Gasteiger partial charge in [-0.1, -0.05) is 20.8 Å². The van der Waals surface area contributed by atoms with Crippen LogP contribution in [0.4, 0.5) is 11.4 Å². The van der Waals surface area contributed by atoms with Crippen LogP contribution in [0.3, 0.4) is 0 Å². The Hall–Kier alpha value is -1.26. The van der Waals surface area contributed by atoms with Crippen LogP contribution in [-0.2, 0) is 5.54 Å². The Morgan fingerprint density at radius 2 is 1.70 bits per heavy atom. The van der Waals surface area contributed by atoms with E-state index in [2.05, 4.69) is 20.8 Å². The second-order valence-corrected chi connectivity index (χ2v) is 7.71. The van der Waals surface area contributed by atoms with E-state index in [-0.39, 0.29) is 10.8 Å². The van der Waals surface area contributed by atoms with Gasteiger partial charge in [0.15, 0.2) is 0 Å². The Bertz CT molecular complexity index is 511. The standard InChI is InChI=1S/C16H28N4/c1-14(2)7-15(3,10-17)9-16(20,8-14)12-6-11(18)4-5-13(12)19/h4-6H,7-10,17-20H2,1-3H3. The number of anilines is 2. The quantitative estimate of drug-likeness (QED) is 0.621. The molecule has 112 valence electrons. The van der Waals surface area contributed by atoms with Crippen LogP contribution in [-0.4, -0.2) is 6.54 Å². The highest BCUT2D eigenvalue weighted by Gasteiger charge is 2.48. The second kappa shape index (κ2) is 4.64. The number of nitrogen functional groups attached to an aromatic ring is 2. The summed E-state index contributed by atoms with van der Waals surface area (Å²) in [5.74, 6) is 0. The van der Waals surface area contributed by atoms with Crippen LogP contribution in [0.15, 0.2) is 18.2 Å². The minimum absolute atomic E-state index is 0.0353. The molecule has 4 heteroatoms. The van der Waals surface area contributed by atoms with Crippen molar-refractivity contribution in [3.8, 4) is 0 Å². The molecule has 0 aliphatic heterocycles. The average Bonchev–Trinajstić information content (AvgIpc) is 2.29. The summed E-state index contributed by atoms with van der Waals surface area (Å²) in [6, 6.07) is 5.59. The van der Waals surface area contributed by atoms with Crippen molar-refractivity contribution in [3.63, 3.8) is 0 Å². The molecule has 0 radical (unpaired) electrons. The molecule has 1 aromatic rings. The van der Waals surface area contributed by atoms with Crippen molar-refractivity contribution in [1.82, 2.24) is 0 Å². The van der Waals surface area contributed by atoms with E-state index in [4.69, 9.17) is 22.9 Å². The van der Waals surface area contributed by atoms with Crippen molar-refractivity contribution >= 4 is 11.4 Å². The van der Waals surface area contributed by atoms with Gasteiger partial charge in [-0.3, -0.25) is 0 Å². The highest BCUT2D eigenvalue weighted by atomic mass is 14.8. The van der Waals surface area contributed by atoms with E-state index in [0.717, 1.165) is 30.5 Å². The molecule has 2 unspecified atom stereocenters. The Morgan fingerprint density at radius 3 is 2.30 bits per heavy atom. The van der Waals surface area contributed by atoms with Crippen LogP contribution in [0.5, 0.6) is 0 Å². The maximum atomic E-state index is 6.79. The second-order valence-electron chi connectivity index (χ2n) is 7.71. The average molecular weight is 276 g/mol. The predicted octanol–water partition coefficient (Wildman–Crippen LogP) is 2.18. The molecule has 1 saturated carbocycles. The third kappa shape index (κ3) is 2.76. The molecule has 1 aliphatic rings. The van der Waals surface area contributed by atoms with E-state index in [0.29, 0.717) is 12.2 Å². The predicted molar refractivity (Wildman–Crippen MR) is 85.9 cm³/mol. The molecule has 0 amide bonds. The summed E-state index contributed by atoms with van der Waals surface area (Å²) < 4.78 is 0. The van der Waals surface area contributed by atoms with Crippen molar-refractivity contribution in [2.24, 2.45) is 22.3 Å². The molecule has 1 aliphatic carbocycles. The maximum Gasteiger partial charge on any atom is 0.0441 e. The maximum absolute atomic E-state index is 6.79. The van der Waals surface area contributed by atoms with Gasteiger partial charge in [-0.05, 0) is 60.4 Å². The van der Waals surface area contributed by atoms with Crippen LogP contribution in [0, 0.1) is 10.8 Å². The van der Waals surface area contributed by atoms with Crippen molar-refractivity contribution < 1.29 is 0 Å². The Morgan fingerprint density at radius 1 is 1.05 bits per heavy atom. The lowest BCUT2D eigenvalue weighted by molar-refractivity contribution is 0.0407. The molecular weight excluding hydrogens is 248 g/mol. The van der Waals surface area contributed by atoms with Gasteiger partial charge in [0.1, 0.15) is 0 Å². The molecule has 4 nitrogen and oxygen atoms in total. The highest BCUT2D eigenvalue weighted by Crippen LogP contribution is 2.53. The summed E-state index contributed by atoms with van der Waals surface area (Å²) in [4.78, 5) is 0. The summed E-state index contributed by atoms with van der Waals surface area (Å²) in [6.45, 7) is 7.37. The number of hydrogen-bond acceptors (Lipinski definition) is 4. The van der Waals surface area contributed by atoms with E-state index >= 15 is 0 Å². The van der Waals surface area contributed by atoms with Gasteiger partial charge in [-0.15, -0.1) is 0 Å². The lowest BCUT2D eigenvalue weighted by Gasteiger charge is -2.52. The fourth-order valence-electron chi connectivity index (χ4n) is 4.30. The molecule has 0 heterocycles. The van der Waals surface area contributed by atoms with Crippen LogP contribution in [0.1, 0.15) is 45.6 Å². The van der Waals surface area contributed by atoms with Gasteiger partial charge in [0.05, 0.1) is 0 Å². The smallest absolute Gasteiger partial charge is 0.0441 e. The van der Waals surface area contributed by atoms with E-state index in [1.54, 1.807) is 0 Å². The van der Waals surface area contributed by atoms with E-state index < -0.39 is 5.54 Å². The molecule has 8 N–H and O–H groups in total. The molecule has 1 aromatic carbocycles. The van der Waals surface area contributed by atoms with Crippen LogP contribution in [0.25, 0.3) is 0 Å². The number of hydrogen-bond donors (Lipinski definition) is 4. The molecule has 1 fully saturated rings. The molecular formula is C16H28N4. The summed E-state index contributed by atoms with van der Waals surface area (Å²) in [5.41, 5.74) is 27.0. The summed E-state index contributed by atoms with van der Waals surface area (Å²) >= 11 is 0. The Kier molecular flexibility index (Phi) is 3.51. The van der Waals surface area contributed by atoms with Crippen LogP contribution < -0.4 is 22.9 Å². The van der Waals surface area contributed by atoms with E-state index in [1.807, 2.05) is 18.2 Å². The SMILES string of the molecule is CC1(C)CC(C)(CN)CC(N)(c2cc(N)ccc2N)C1. The topological polar surface area (TPSA) is 104 Å². The lowest BCUT2D eigenvalue weighted by Crippen LogP contribution is -2.52. The largest absolute Gasteiger partial charge is 0.399 e. The monoisotopic (exact) mass is 276 g/mol. The van der Waals surface area contributed by atoms with Gasteiger partial charge in [-0.25, -0.2) is 0 Å². The minimum atomic E-state index is -0.463. The summed E-state index contributed by atoms with van der Waals surface area (Å²) in [6.07, 6.45) is 2.81. The summed E-state index contributed by atoms with van der Waals surface area (Å²) in [5, 5.41) is 0.